The second kappa shape index (κ2) is 7.98. The van der Waals surface area contributed by atoms with Gasteiger partial charge in [-0.05, 0) is 24.3 Å². The van der Waals surface area contributed by atoms with E-state index in [4.69, 9.17) is 4.98 Å². The van der Waals surface area contributed by atoms with Gasteiger partial charge < -0.3 is 4.98 Å². The molecule has 3 aromatic rings. The maximum atomic E-state index is 12.6. The van der Waals surface area contributed by atoms with E-state index in [9.17, 15) is 4.79 Å². The van der Waals surface area contributed by atoms with Crippen LogP contribution in [0.4, 0.5) is 0 Å². The SMILES string of the molecule is CC(C)(C)c1nc2c(c(=O)[nH]1)CN(Cc1ccc(C#Cc3ccccc3)s1)CC2. The lowest BCUT2D eigenvalue weighted by Crippen LogP contribution is -2.36. The highest BCUT2D eigenvalue weighted by Crippen LogP contribution is 2.23. The fraction of sp³-hybridized carbons (Fsp3) is 0.333. The zero-order valence-electron chi connectivity index (χ0n) is 17.1. The molecule has 29 heavy (non-hydrogen) atoms. The molecule has 1 N–H and O–H groups in total. The molecule has 1 aromatic carbocycles. The number of nitrogens with zero attached hydrogens (tertiary/aromatic N) is 2. The summed E-state index contributed by atoms with van der Waals surface area (Å²) in [7, 11) is 0. The van der Waals surface area contributed by atoms with Crippen molar-refractivity contribution in [3.8, 4) is 11.8 Å². The molecule has 5 heteroatoms. The van der Waals surface area contributed by atoms with Crippen molar-refractivity contribution in [3.05, 3.63) is 85.2 Å². The molecule has 1 aliphatic rings. The number of rotatable bonds is 2. The van der Waals surface area contributed by atoms with Crippen molar-refractivity contribution in [1.29, 1.82) is 0 Å². The maximum absolute atomic E-state index is 12.6. The fourth-order valence-electron chi connectivity index (χ4n) is 3.38. The van der Waals surface area contributed by atoms with Crippen LogP contribution in [0, 0.1) is 11.8 Å². The van der Waals surface area contributed by atoms with E-state index in [0.717, 1.165) is 47.0 Å². The first-order valence-corrected chi connectivity index (χ1v) is 10.7. The molecule has 0 spiro atoms. The predicted octanol–water partition coefficient (Wildman–Crippen LogP) is 4.09. The van der Waals surface area contributed by atoms with Gasteiger partial charge in [0, 0.05) is 41.9 Å². The highest BCUT2D eigenvalue weighted by Gasteiger charge is 2.25. The molecule has 1 aliphatic heterocycles. The first-order valence-electron chi connectivity index (χ1n) is 9.89. The van der Waals surface area contributed by atoms with Gasteiger partial charge in [-0.1, -0.05) is 50.8 Å². The van der Waals surface area contributed by atoms with Gasteiger partial charge in [0.15, 0.2) is 0 Å². The van der Waals surface area contributed by atoms with Gasteiger partial charge in [0.1, 0.15) is 5.82 Å². The number of benzene rings is 1. The minimum absolute atomic E-state index is 0.00483. The summed E-state index contributed by atoms with van der Waals surface area (Å²) in [4.78, 5) is 25.0. The molecule has 2 aromatic heterocycles. The van der Waals surface area contributed by atoms with Crippen molar-refractivity contribution in [1.82, 2.24) is 14.9 Å². The van der Waals surface area contributed by atoms with Crippen LogP contribution in [0.5, 0.6) is 0 Å². The predicted molar refractivity (Wildman–Crippen MR) is 118 cm³/mol. The lowest BCUT2D eigenvalue weighted by Gasteiger charge is -2.28. The molecule has 0 saturated heterocycles. The van der Waals surface area contributed by atoms with E-state index in [1.165, 1.54) is 4.88 Å². The number of hydrogen-bond donors (Lipinski definition) is 1. The molecule has 0 aliphatic carbocycles. The number of aromatic amines is 1. The lowest BCUT2D eigenvalue weighted by molar-refractivity contribution is 0.243. The van der Waals surface area contributed by atoms with E-state index in [1.54, 1.807) is 11.3 Å². The fourth-order valence-corrected chi connectivity index (χ4v) is 4.28. The third-order valence-electron chi connectivity index (χ3n) is 5.00. The van der Waals surface area contributed by atoms with Crippen molar-refractivity contribution in [2.24, 2.45) is 0 Å². The Morgan fingerprint density at radius 1 is 1.14 bits per heavy atom. The van der Waals surface area contributed by atoms with Gasteiger partial charge in [0.05, 0.1) is 16.1 Å². The van der Waals surface area contributed by atoms with Gasteiger partial charge in [0.2, 0.25) is 0 Å². The molecule has 0 atom stereocenters. The summed E-state index contributed by atoms with van der Waals surface area (Å²) in [5.74, 6) is 7.23. The first kappa shape index (κ1) is 19.6. The molecule has 0 fully saturated rings. The number of thiophene rings is 1. The topological polar surface area (TPSA) is 49.0 Å². The number of hydrogen-bond acceptors (Lipinski definition) is 4. The van der Waals surface area contributed by atoms with E-state index >= 15 is 0 Å². The summed E-state index contributed by atoms with van der Waals surface area (Å²) in [5.41, 5.74) is 2.64. The zero-order chi connectivity index (χ0) is 20.4. The van der Waals surface area contributed by atoms with Crippen molar-refractivity contribution in [2.75, 3.05) is 6.54 Å². The molecular formula is C24H25N3OS. The normalized spacial score (nSPS) is 14.2. The average Bonchev–Trinajstić information content (AvgIpc) is 3.14. The summed E-state index contributed by atoms with van der Waals surface area (Å²) >= 11 is 1.72. The summed E-state index contributed by atoms with van der Waals surface area (Å²) in [6, 6.07) is 14.2. The van der Waals surface area contributed by atoms with Gasteiger partial charge in [-0.3, -0.25) is 9.69 Å². The van der Waals surface area contributed by atoms with Crippen LogP contribution in [0.25, 0.3) is 0 Å². The van der Waals surface area contributed by atoms with Gasteiger partial charge in [0.25, 0.3) is 5.56 Å². The van der Waals surface area contributed by atoms with E-state index in [-0.39, 0.29) is 11.0 Å². The van der Waals surface area contributed by atoms with Crippen LogP contribution in [0.2, 0.25) is 0 Å². The minimum Gasteiger partial charge on any atom is -0.310 e. The first-order chi connectivity index (χ1) is 13.9. The molecule has 0 bridgehead atoms. The smallest absolute Gasteiger partial charge is 0.255 e. The third kappa shape index (κ3) is 4.67. The zero-order valence-corrected chi connectivity index (χ0v) is 17.9. The maximum Gasteiger partial charge on any atom is 0.255 e. The van der Waals surface area contributed by atoms with E-state index in [2.05, 4.69) is 54.6 Å². The van der Waals surface area contributed by atoms with Crippen LogP contribution >= 0.6 is 11.3 Å². The number of aromatic nitrogens is 2. The number of fused-ring (bicyclic) bond motifs is 1. The second-order valence-electron chi connectivity index (χ2n) is 8.43. The second-order valence-corrected chi connectivity index (χ2v) is 9.60. The highest BCUT2D eigenvalue weighted by atomic mass is 32.1. The van der Waals surface area contributed by atoms with Crippen LogP contribution in [-0.2, 0) is 24.9 Å². The Kier molecular flexibility index (Phi) is 5.40. The van der Waals surface area contributed by atoms with Crippen LogP contribution < -0.4 is 5.56 Å². The van der Waals surface area contributed by atoms with Crippen LogP contribution in [0.1, 0.15) is 53.2 Å². The Labute approximate surface area is 175 Å². The average molecular weight is 404 g/mol. The summed E-state index contributed by atoms with van der Waals surface area (Å²) in [6.07, 6.45) is 0.814. The standard InChI is InChI=1S/C24H25N3OS/c1-24(2,3)23-25-21-13-14-27(16-20(21)22(28)26-23)15-19-12-11-18(29-19)10-9-17-7-5-4-6-8-17/h4-8,11-12H,13-16H2,1-3H3,(H,25,26,28). The molecular weight excluding hydrogens is 378 g/mol. The highest BCUT2D eigenvalue weighted by molar-refractivity contribution is 7.12. The Balaban J connectivity index is 1.46. The largest absolute Gasteiger partial charge is 0.310 e. The van der Waals surface area contributed by atoms with Gasteiger partial charge in [-0.2, -0.15) is 0 Å². The number of nitrogens with one attached hydrogen (secondary N) is 1. The molecule has 4 rings (SSSR count). The van der Waals surface area contributed by atoms with Crippen molar-refractivity contribution in [2.45, 2.75) is 45.7 Å². The quantitative estimate of drug-likeness (QED) is 0.656. The van der Waals surface area contributed by atoms with Crippen molar-refractivity contribution in [3.63, 3.8) is 0 Å². The van der Waals surface area contributed by atoms with E-state index < -0.39 is 0 Å². The van der Waals surface area contributed by atoms with Crippen molar-refractivity contribution >= 4 is 11.3 Å². The Hall–Kier alpha value is -2.68. The Bertz CT molecular complexity index is 1130. The summed E-state index contributed by atoms with van der Waals surface area (Å²) in [5, 5.41) is 0. The van der Waals surface area contributed by atoms with E-state index in [0.29, 0.717) is 6.54 Å². The van der Waals surface area contributed by atoms with Gasteiger partial charge in [-0.25, -0.2) is 4.98 Å². The van der Waals surface area contributed by atoms with Crippen LogP contribution in [0.3, 0.4) is 0 Å². The molecule has 4 nitrogen and oxygen atoms in total. The molecule has 0 amide bonds. The van der Waals surface area contributed by atoms with Crippen LogP contribution in [0.15, 0.2) is 47.3 Å². The van der Waals surface area contributed by atoms with Gasteiger partial charge in [-0.15, -0.1) is 11.3 Å². The molecule has 0 unspecified atom stereocenters. The molecule has 0 radical (unpaired) electrons. The van der Waals surface area contributed by atoms with E-state index in [1.807, 2.05) is 30.3 Å². The third-order valence-corrected chi connectivity index (χ3v) is 5.99. The molecule has 148 valence electrons. The lowest BCUT2D eigenvalue weighted by atomic mass is 9.95. The monoisotopic (exact) mass is 403 g/mol. The Morgan fingerprint density at radius 2 is 1.93 bits per heavy atom. The molecule has 3 heterocycles. The van der Waals surface area contributed by atoms with Crippen LogP contribution in [-0.4, -0.2) is 21.4 Å². The Morgan fingerprint density at radius 3 is 2.69 bits per heavy atom. The number of H-pyrrole nitrogens is 1. The van der Waals surface area contributed by atoms with Crippen molar-refractivity contribution < 1.29 is 0 Å². The summed E-state index contributed by atoms with van der Waals surface area (Å²) in [6.45, 7) is 8.60. The van der Waals surface area contributed by atoms with Gasteiger partial charge >= 0.3 is 0 Å². The minimum atomic E-state index is -0.153. The summed E-state index contributed by atoms with van der Waals surface area (Å²) < 4.78 is 0. The molecule has 0 saturated carbocycles.